The number of rotatable bonds is 4. The first kappa shape index (κ1) is 23.5. The van der Waals surface area contributed by atoms with Gasteiger partial charge in [-0.1, -0.05) is 0 Å². The number of aromatic nitrogens is 5. The Morgan fingerprint density at radius 1 is 1.14 bits per heavy atom. The molecular weight excluding hydrogens is 473 g/mol. The van der Waals surface area contributed by atoms with Gasteiger partial charge in [0.1, 0.15) is 5.82 Å². The molecule has 0 aliphatic carbocycles. The van der Waals surface area contributed by atoms with Crippen molar-refractivity contribution in [1.29, 1.82) is 0 Å². The summed E-state index contributed by atoms with van der Waals surface area (Å²) in [7, 11) is 4.11. The first-order valence-corrected chi connectivity index (χ1v) is 12.5. The fourth-order valence-corrected chi connectivity index (χ4v) is 6.15. The standard InChI is InChI=1S/C24H31F3N8O/c1-14-10-15(32(2)3)7-9-33(14)18-11-20(34-16-4-5-17(34)13-36-12-16)29-23-21(18)22(24(25,26)27)31-35(23)19-6-8-28-30-19/h6,8,11,14-17H,4-5,7,9-10,12-13H2,1-3H3,(H,28,30)/t14-,15-,16?,17?/m1/s1. The Morgan fingerprint density at radius 3 is 2.50 bits per heavy atom. The van der Waals surface area contributed by atoms with Crippen molar-refractivity contribution >= 4 is 22.5 Å². The van der Waals surface area contributed by atoms with Gasteiger partial charge in [-0.25, -0.2) is 4.98 Å². The number of nitrogens with zero attached hydrogens (tertiary/aromatic N) is 7. The number of hydrogen-bond donors (Lipinski definition) is 1. The third kappa shape index (κ3) is 3.81. The van der Waals surface area contributed by atoms with Gasteiger partial charge in [0.2, 0.25) is 0 Å². The summed E-state index contributed by atoms with van der Waals surface area (Å²) in [6.45, 7) is 3.95. The van der Waals surface area contributed by atoms with Crippen LogP contribution in [-0.2, 0) is 10.9 Å². The van der Waals surface area contributed by atoms with Crippen LogP contribution in [0, 0.1) is 0 Å². The van der Waals surface area contributed by atoms with Crippen LogP contribution in [0.25, 0.3) is 16.9 Å². The molecule has 2 unspecified atom stereocenters. The van der Waals surface area contributed by atoms with Crippen LogP contribution >= 0.6 is 0 Å². The van der Waals surface area contributed by atoms with Gasteiger partial charge in [0.05, 0.1) is 42.6 Å². The monoisotopic (exact) mass is 504 g/mol. The van der Waals surface area contributed by atoms with E-state index in [4.69, 9.17) is 9.72 Å². The molecule has 0 aromatic carbocycles. The van der Waals surface area contributed by atoms with E-state index in [1.54, 1.807) is 6.07 Å². The Balaban J connectivity index is 1.57. The molecule has 0 saturated carbocycles. The number of alkyl halides is 3. The lowest BCUT2D eigenvalue weighted by molar-refractivity contribution is -0.140. The molecule has 1 N–H and O–H groups in total. The number of H-pyrrole nitrogens is 1. The van der Waals surface area contributed by atoms with E-state index < -0.39 is 11.9 Å². The first-order chi connectivity index (χ1) is 17.2. The molecule has 6 heterocycles. The van der Waals surface area contributed by atoms with Crippen LogP contribution in [0.5, 0.6) is 0 Å². The van der Waals surface area contributed by atoms with Gasteiger partial charge in [-0.2, -0.15) is 28.1 Å². The quantitative estimate of drug-likeness (QED) is 0.583. The van der Waals surface area contributed by atoms with Crippen LogP contribution in [0.15, 0.2) is 18.3 Å². The average Bonchev–Trinajstić information content (AvgIpc) is 3.54. The minimum Gasteiger partial charge on any atom is -0.377 e. The van der Waals surface area contributed by atoms with Gasteiger partial charge >= 0.3 is 6.18 Å². The van der Waals surface area contributed by atoms with Crippen molar-refractivity contribution in [2.24, 2.45) is 0 Å². The number of ether oxygens (including phenoxy) is 1. The van der Waals surface area contributed by atoms with Crippen molar-refractivity contribution in [3.63, 3.8) is 0 Å². The van der Waals surface area contributed by atoms with Gasteiger partial charge in [-0.05, 0) is 46.7 Å². The number of piperidine rings is 1. The molecule has 36 heavy (non-hydrogen) atoms. The van der Waals surface area contributed by atoms with Crippen molar-refractivity contribution < 1.29 is 17.9 Å². The van der Waals surface area contributed by atoms with E-state index >= 15 is 0 Å². The maximum Gasteiger partial charge on any atom is 0.435 e. The largest absolute Gasteiger partial charge is 0.435 e. The molecule has 0 radical (unpaired) electrons. The van der Waals surface area contributed by atoms with Crippen molar-refractivity contribution in [3.05, 3.63) is 24.0 Å². The lowest BCUT2D eigenvalue weighted by atomic mass is 9.96. The topological polar surface area (TPSA) is 78.3 Å². The van der Waals surface area contributed by atoms with E-state index in [9.17, 15) is 13.2 Å². The normalized spacial score (nSPS) is 27.0. The number of nitrogens with one attached hydrogen (secondary N) is 1. The zero-order valence-corrected chi connectivity index (χ0v) is 20.7. The molecule has 2 bridgehead atoms. The van der Waals surface area contributed by atoms with Crippen LogP contribution < -0.4 is 9.80 Å². The second-order valence-electron chi connectivity index (χ2n) is 10.4. The fourth-order valence-electron chi connectivity index (χ4n) is 6.15. The second kappa shape index (κ2) is 8.62. The Labute approximate surface area is 207 Å². The van der Waals surface area contributed by atoms with E-state index in [-0.39, 0.29) is 29.2 Å². The lowest BCUT2D eigenvalue weighted by Gasteiger charge is -2.42. The minimum atomic E-state index is -4.63. The van der Waals surface area contributed by atoms with Gasteiger partial charge < -0.3 is 19.4 Å². The summed E-state index contributed by atoms with van der Waals surface area (Å²) in [6.07, 6.45) is 0.568. The van der Waals surface area contributed by atoms with Crippen LogP contribution in [0.2, 0.25) is 0 Å². The van der Waals surface area contributed by atoms with Crippen molar-refractivity contribution in [1.82, 2.24) is 29.9 Å². The third-order valence-corrected chi connectivity index (χ3v) is 7.98. The summed E-state index contributed by atoms with van der Waals surface area (Å²) in [5, 5.41) is 10.8. The molecule has 3 aliphatic heterocycles. The van der Waals surface area contributed by atoms with Crippen molar-refractivity contribution in [2.75, 3.05) is 43.7 Å². The number of anilines is 2. The van der Waals surface area contributed by atoms with Gasteiger partial charge in [-0.15, -0.1) is 0 Å². The zero-order chi connectivity index (χ0) is 25.2. The van der Waals surface area contributed by atoms with Gasteiger partial charge in [-0.3, -0.25) is 5.10 Å². The molecule has 0 spiro atoms. The van der Waals surface area contributed by atoms with Gasteiger partial charge in [0, 0.05) is 30.8 Å². The molecule has 9 nitrogen and oxygen atoms in total. The zero-order valence-electron chi connectivity index (χ0n) is 20.7. The molecule has 0 amide bonds. The lowest BCUT2D eigenvalue weighted by Crippen LogP contribution is -2.48. The molecular formula is C24H31F3N8O. The number of pyridine rings is 1. The van der Waals surface area contributed by atoms with E-state index in [2.05, 4.69) is 51.0 Å². The molecule has 194 valence electrons. The Kier molecular flexibility index (Phi) is 5.63. The van der Waals surface area contributed by atoms with E-state index in [0.29, 0.717) is 43.1 Å². The second-order valence-corrected chi connectivity index (χ2v) is 10.4. The smallest absolute Gasteiger partial charge is 0.377 e. The number of halogens is 3. The number of hydrogen-bond acceptors (Lipinski definition) is 7. The predicted octanol–water partition coefficient (Wildman–Crippen LogP) is 3.45. The summed E-state index contributed by atoms with van der Waals surface area (Å²) in [5.74, 6) is 1.03. The van der Waals surface area contributed by atoms with Crippen molar-refractivity contribution in [2.45, 2.75) is 63.0 Å². The Hall–Kier alpha value is -2.86. The molecule has 6 rings (SSSR count). The summed E-state index contributed by atoms with van der Waals surface area (Å²) < 4.78 is 50.2. The number of morpholine rings is 1. The number of aromatic amines is 1. The predicted molar refractivity (Wildman–Crippen MR) is 130 cm³/mol. The van der Waals surface area contributed by atoms with Crippen LogP contribution in [0.3, 0.4) is 0 Å². The highest BCUT2D eigenvalue weighted by Gasteiger charge is 2.43. The molecule has 12 heteroatoms. The summed E-state index contributed by atoms with van der Waals surface area (Å²) in [5.41, 5.74) is -0.191. The third-order valence-electron chi connectivity index (χ3n) is 7.98. The van der Waals surface area contributed by atoms with E-state index in [0.717, 1.165) is 25.7 Å². The van der Waals surface area contributed by atoms with Crippen LogP contribution in [0.4, 0.5) is 24.7 Å². The average molecular weight is 505 g/mol. The summed E-state index contributed by atoms with van der Waals surface area (Å²) in [6, 6.07) is 4.25. The Morgan fingerprint density at radius 2 is 1.89 bits per heavy atom. The molecule has 3 aromatic rings. The number of fused-ring (bicyclic) bond motifs is 3. The highest BCUT2D eigenvalue weighted by Crippen LogP contribution is 2.44. The van der Waals surface area contributed by atoms with Gasteiger partial charge in [0.15, 0.2) is 17.2 Å². The maximum absolute atomic E-state index is 14.4. The van der Waals surface area contributed by atoms with E-state index in [1.807, 2.05) is 6.07 Å². The maximum atomic E-state index is 14.4. The van der Waals surface area contributed by atoms with E-state index in [1.165, 1.54) is 10.9 Å². The molecule has 3 aromatic heterocycles. The summed E-state index contributed by atoms with van der Waals surface area (Å²) in [4.78, 5) is 11.4. The van der Waals surface area contributed by atoms with Crippen molar-refractivity contribution in [3.8, 4) is 5.82 Å². The molecule has 4 atom stereocenters. The SMILES string of the molecule is C[C@@H]1C[C@H](N(C)C)CCN1c1cc(N2C3CCC2COC3)nc2c1c(C(F)(F)F)nn2-c1ccn[nH]1. The molecule has 3 aliphatic rings. The first-order valence-electron chi connectivity index (χ1n) is 12.5. The summed E-state index contributed by atoms with van der Waals surface area (Å²) >= 11 is 0. The Bertz CT molecular complexity index is 1220. The minimum absolute atomic E-state index is 0.0385. The fraction of sp³-hybridized carbons (Fsp3) is 0.625. The van der Waals surface area contributed by atoms with Crippen LogP contribution in [-0.4, -0.2) is 87.9 Å². The molecule has 3 saturated heterocycles. The van der Waals surface area contributed by atoms with Gasteiger partial charge in [0.25, 0.3) is 0 Å². The highest BCUT2D eigenvalue weighted by atomic mass is 19.4. The van der Waals surface area contributed by atoms with Crippen LogP contribution in [0.1, 0.15) is 38.3 Å². The highest BCUT2D eigenvalue weighted by molar-refractivity contribution is 5.95. The molecule has 3 fully saturated rings.